The highest BCUT2D eigenvalue weighted by Crippen LogP contribution is 2.45. The molecule has 1 fully saturated rings. The van der Waals surface area contributed by atoms with Gasteiger partial charge in [0.05, 0.1) is 0 Å². The predicted octanol–water partition coefficient (Wildman–Crippen LogP) is 4.50. The molecule has 1 aliphatic rings. The molecule has 0 bridgehead atoms. The molecule has 0 N–H and O–H groups in total. The van der Waals surface area contributed by atoms with E-state index in [1.54, 1.807) is 0 Å². The van der Waals surface area contributed by atoms with E-state index in [-0.39, 0.29) is 0 Å². The van der Waals surface area contributed by atoms with Crippen LogP contribution in [0.4, 0.5) is 0 Å². The third-order valence-corrected chi connectivity index (χ3v) is 5.81. The summed E-state index contributed by atoms with van der Waals surface area (Å²) < 4.78 is 0. The Hall–Kier alpha value is -0.0800. The average Bonchev–Trinajstić information content (AvgIpc) is 2.19. The van der Waals surface area contributed by atoms with E-state index in [1.807, 2.05) is 11.8 Å². The van der Waals surface area contributed by atoms with E-state index in [0.29, 0.717) is 5.41 Å². The fraction of sp³-hybridized carbons (Fsp3) is 0.571. The van der Waals surface area contributed by atoms with Gasteiger partial charge in [-0.2, -0.15) is 12.6 Å². The van der Waals surface area contributed by atoms with Crippen molar-refractivity contribution in [3.63, 3.8) is 0 Å². The molecule has 2 rings (SSSR count). The number of thioether (sulfide) groups is 1. The van der Waals surface area contributed by atoms with Gasteiger partial charge in [-0.15, -0.1) is 11.8 Å². The lowest BCUT2D eigenvalue weighted by Crippen LogP contribution is -2.33. The average molecular weight is 252 g/mol. The Morgan fingerprint density at radius 1 is 1.31 bits per heavy atom. The summed E-state index contributed by atoms with van der Waals surface area (Å²) in [5, 5.41) is 0. The molecule has 1 saturated carbocycles. The smallest absolute Gasteiger partial charge is 0.0102 e. The van der Waals surface area contributed by atoms with Crippen molar-refractivity contribution in [2.45, 2.75) is 38.0 Å². The Morgan fingerprint density at radius 3 is 2.56 bits per heavy atom. The molecular formula is C14H20S2. The molecule has 1 aromatic carbocycles. The molecule has 0 atom stereocenters. The molecule has 0 aliphatic heterocycles. The van der Waals surface area contributed by atoms with Crippen LogP contribution in [0, 0.1) is 19.3 Å². The van der Waals surface area contributed by atoms with Gasteiger partial charge in [0.2, 0.25) is 0 Å². The van der Waals surface area contributed by atoms with Crippen LogP contribution in [0.3, 0.4) is 0 Å². The fourth-order valence-corrected chi connectivity index (χ4v) is 4.10. The van der Waals surface area contributed by atoms with Crippen molar-refractivity contribution in [1.82, 2.24) is 0 Å². The number of hydrogen-bond acceptors (Lipinski definition) is 2. The zero-order valence-electron chi connectivity index (χ0n) is 10.1. The Labute approximate surface area is 109 Å². The first-order valence-corrected chi connectivity index (χ1v) is 7.58. The Morgan fingerprint density at radius 2 is 2.06 bits per heavy atom. The highest BCUT2D eigenvalue weighted by atomic mass is 32.2. The molecule has 0 radical (unpaired) electrons. The zero-order valence-corrected chi connectivity index (χ0v) is 11.8. The molecule has 0 nitrogen and oxygen atoms in total. The van der Waals surface area contributed by atoms with Gasteiger partial charge >= 0.3 is 0 Å². The minimum atomic E-state index is 0.533. The summed E-state index contributed by atoms with van der Waals surface area (Å²) in [7, 11) is 0. The van der Waals surface area contributed by atoms with Crippen LogP contribution >= 0.6 is 24.4 Å². The van der Waals surface area contributed by atoms with Crippen molar-refractivity contribution in [1.29, 1.82) is 0 Å². The fourth-order valence-electron chi connectivity index (χ4n) is 2.22. The van der Waals surface area contributed by atoms with Crippen LogP contribution in [0.25, 0.3) is 0 Å². The quantitative estimate of drug-likeness (QED) is 0.608. The van der Waals surface area contributed by atoms with Gasteiger partial charge in [-0.05, 0) is 49.5 Å². The summed E-state index contributed by atoms with van der Waals surface area (Å²) in [6.45, 7) is 4.37. The van der Waals surface area contributed by atoms with Gasteiger partial charge < -0.3 is 0 Å². The highest BCUT2D eigenvalue weighted by Gasteiger charge is 2.35. The van der Waals surface area contributed by atoms with Crippen LogP contribution < -0.4 is 0 Å². The lowest BCUT2D eigenvalue weighted by molar-refractivity contribution is 0.205. The van der Waals surface area contributed by atoms with Crippen molar-refractivity contribution in [2.75, 3.05) is 11.5 Å². The first kappa shape index (κ1) is 12.4. The summed E-state index contributed by atoms with van der Waals surface area (Å²) >= 11 is 6.52. The molecule has 0 saturated heterocycles. The van der Waals surface area contributed by atoms with Gasteiger partial charge in [0.1, 0.15) is 0 Å². The Kier molecular flexibility index (Phi) is 3.91. The van der Waals surface area contributed by atoms with Crippen molar-refractivity contribution in [3.8, 4) is 0 Å². The minimum Gasteiger partial charge on any atom is -0.179 e. The summed E-state index contributed by atoms with van der Waals surface area (Å²) in [5.41, 5.74) is 3.30. The number of benzene rings is 1. The van der Waals surface area contributed by atoms with Crippen LogP contribution in [0.1, 0.15) is 30.4 Å². The Balaban J connectivity index is 1.99. The second kappa shape index (κ2) is 5.05. The van der Waals surface area contributed by atoms with Gasteiger partial charge in [-0.1, -0.05) is 24.1 Å². The number of aryl methyl sites for hydroxylation is 2. The van der Waals surface area contributed by atoms with E-state index in [9.17, 15) is 0 Å². The molecule has 0 heterocycles. The van der Waals surface area contributed by atoms with Gasteiger partial charge in [0.25, 0.3) is 0 Å². The molecule has 16 heavy (non-hydrogen) atoms. The SMILES string of the molecule is Cc1ccc(SCC2(CS)CCC2)c(C)c1. The predicted molar refractivity (Wildman–Crippen MR) is 76.8 cm³/mol. The van der Waals surface area contributed by atoms with Crippen LogP contribution in [0.15, 0.2) is 23.1 Å². The Bertz CT molecular complexity index is 361. The third kappa shape index (κ3) is 2.60. The van der Waals surface area contributed by atoms with Crippen LogP contribution in [0.2, 0.25) is 0 Å². The third-order valence-electron chi connectivity index (χ3n) is 3.61. The van der Waals surface area contributed by atoms with Crippen LogP contribution in [-0.4, -0.2) is 11.5 Å². The topological polar surface area (TPSA) is 0 Å². The van der Waals surface area contributed by atoms with Gasteiger partial charge in [0.15, 0.2) is 0 Å². The largest absolute Gasteiger partial charge is 0.179 e. The second-order valence-electron chi connectivity index (χ2n) is 5.07. The van der Waals surface area contributed by atoms with Crippen LogP contribution in [0.5, 0.6) is 0 Å². The second-order valence-corrected chi connectivity index (χ2v) is 6.40. The van der Waals surface area contributed by atoms with E-state index < -0.39 is 0 Å². The van der Waals surface area contributed by atoms with Crippen molar-refractivity contribution in [2.24, 2.45) is 5.41 Å². The maximum Gasteiger partial charge on any atom is 0.0102 e. The zero-order chi connectivity index (χ0) is 11.6. The van der Waals surface area contributed by atoms with Gasteiger partial charge in [0, 0.05) is 10.6 Å². The first-order chi connectivity index (χ1) is 7.65. The molecular weight excluding hydrogens is 232 g/mol. The molecule has 0 unspecified atom stereocenters. The van der Waals surface area contributed by atoms with E-state index >= 15 is 0 Å². The van der Waals surface area contributed by atoms with E-state index in [0.717, 1.165) is 5.75 Å². The summed E-state index contributed by atoms with van der Waals surface area (Å²) in [6, 6.07) is 6.75. The normalized spacial score (nSPS) is 18.2. The lowest BCUT2D eigenvalue weighted by Gasteiger charge is -2.40. The standard InChI is InChI=1S/C14H20S2/c1-11-4-5-13(12(2)8-11)16-10-14(9-15)6-3-7-14/h4-5,8,15H,3,6-7,9-10H2,1-2H3. The molecule has 1 aliphatic carbocycles. The molecule has 1 aromatic rings. The van der Waals surface area contributed by atoms with Crippen molar-refractivity contribution < 1.29 is 0 Å². The van der Waals surface area contributed by atoms with E-state index in [4.69, 9.17) is 0 Å². The molecule has 2 heteroatoms. The summed E-state index contributed by atoms with van der Waals surface area (Å²) in [5.74, 6) is 2.28. The van der Waals surface area contributed by atoms with Crippen molar-refractivity contribution >= 4 is 24.4 Å². The van der Waals surface area contributed by atoms with E-state index in [2.05, 4.69) is 44.7 Å². The van der Waals surface area contributed by atoms with Gasteiger partial charge in [-0.25, -0.2) is 0 Å². The maximum atomic E-state index is 4.51. The monoisotopic (exact) mass is 252 g/mol. The lowest BCUT2D eigenvalue weighted by atomic mass is 9.72. The first-order valence-electron chi connectivity index (χ1n) is 5.96. The number of thiol groups is 1. The molecule has 0 aromatic heterocycles. The summed E-state index contributed by atoms with van der Waals surface area (Å²) in [4.78, 5) is 1.44. The van der Waals surface area contributed by atoms with Gasteiger partial charge in [-0.3, -0.25) is 0 Å². The number of hydrogen-bond donors (Lipinski definition) is 1. The van der Waals surface area contributed by atoms with Crippen molar-refractivity contribution in [3.05, 3.63) is 29.3 Å². The highest BCUT2D eigenvalue weighted by molar-refractivity contribution is 7.99. The maximum absolute atomic E-state index is 4.51. The molecule has 0 spiro atoms. The number of rotatable bonds is 4. The minimum absolute atomic E-state index is 0.533. The van der Waals surface area contributed by atoms with Crippen LogP contribution in [-0.2, 0) is 0 Å². The van der Waals surface area contributed by atoms with E-state index in [1.165, 1.54) is 41.0 Å². The summed E-state index contributed by atoms with van der Waals surface area (Å²) in [6.07, 6.45) is 4.14. The molecule has 0 amide bonds. The molecule has 88 valence electrons.